The first-order chi connectivity index (χ1) is 7.79. The molecule has 0 aliphatic heterocycles. The molecule has 0 aliphatic carbocycles. The molecule has 16 heavy (non-hydrogen) atoms. The Hall–Kier alpha value is -1.97. The Bertz CT molecular complexity index is 511. The highest BCUT2D eigenvalue weighted by Crippen LogP contribution is 2.11. The fraction of sp³-hybridized carbons (Fsp3) is 0.250. The monoisotopic (exact) mass is 216 g/mol. The lowest BCUT2D eigenvalue weighted by Gasteiger charge is -2.02. The smallest absolute Gasteiger partial charge is 0.310 e. The van der Waals surface area contributed by atoms with E-state index >= 15 is 0 Å². The number of fused-ring (bicyclic) bond motifs is 1. The van der Waals surface area contributed by atoms with E-state index in [-0.39, 0.29) is 12.4 Å². The van der Waals surface area contributed by atoms with Gasteiger partial charge >= 0.3 is 5.97 Å². The lowest BCUT2D eigenvalue weighted by atomic mass is 10.1. The van der Waals surface area contributed by atoms with Crippen LogP contribution in [0, 0.1) is 0 Å². The molecule has 0 N–H and O–H groups in total. The Kier molecular flexibility index (Phi) is 3.10. The molecule has 0 radical (unpaired) electrons. The van der Waals surface area contributed by atoms with Crippen LogP contribution in [0.3, 0.4) is 0 Å². The zero-order chi connectivity index (χ0) is 11.4. The van der Waals surface area contributed by atoms with Gasteiger partial charge in [0, 0.05) is 12.4 Å². The molecule has 2 rings (SSSR count). The van der Waals surface area contributed by atoms with Gasteiger partial charge in [0.15, 0.2) is 0 Å². The molecule has 2 aromatic rings. The molecule has 0 aliphatic rings. The first kappa shape index (κ1) is 10.5. The van der Waals surface area contributed by atoms with Crippen molar-refractivity contribution in [1.29, 1.82) is 0 Å². The van der Waals surface area contributed by atoms with Gasteiger partial charge in [-0.05, 0) is 24.6 Å². The summed E-state index contributed by atoms with van der Waals surface area (Å²) in [6, 6.07) is 5.59. The quantitative estimate of drug-likeness (QED) is 0.733. The predicted octanol–water partition coefficient (Wildman–Crippen LogP) is 1.74. The lowest BCUT2D eigenvalue weighted by Crippen LogP contribution is -2.07. The molecule has 0 saturated heterocycles. The topological polar surface area (TPSA) is 52.1 Å². The molecule has 1 heterocycles. The summed E-state index contributed by atoms with van der Waals surface area (Å²) in [4.78, 5) is 19.6. The number of esters is 1. The summed E-state index contributed by atoms with van der Waals surface area (Å²) in [5, 5.41) is 0. The zero-order valence-electron chi connectivity index (χ0n) is 9.01. The second-order valence-electron chi connectivity index (χ2n) is 3.36. The SMILES string of the molecule is CCOC(=O)Cc1ccc2nccnc2c1. The highest BCUT2D eigenvalue weighted by atomic mass is 16.5. The second-order valence-corrected chi connectivity index (χ2v) is 3.36. The molecule has 0 bridgehead atoms. The molecule has 0 unspecified atom stereocenters. The summed E-state index contributed by atoms with van der Waals surface area (Å²) in [6.45, 7) is 2.20. The van der Waals surface area contributed by atoms with Gasteiger partial charge < -0.3 is 4.74 Å². The first-order valence-corrected chi connectivity index (χ1v) is 5.15. The number of hydrogen-bond donors (Lipinski definition) is 0. The van der Waals surface area contributed by atoms with Gasteiger partial charge in [-0.3, -0.25) is 14.8 Å². The van der Waals surface area contributed by atoms with Crippen molar-refractivity contribution in [3.8, 4) is 0 Å². The van der Waals surface area contributed by atoms with E-state index < -0.39 is 0 Å². The third kappa shape index (κ3) is 2.34. The number of ether oxygens (including phenoxy) is 1. The van der Waals surface area contributed by atoms with Crippen LogP contribution in [-0.4, -0.2) is 22.5 Å². The fourth-order valence-corrected chi connectivity index (χ4v) is 1.50. The van der Waals surface area contributed by atoms with Gasteiger partial charge in [-0.1, -0.05) is 6.07 Å². The number of rotatable bonds is 3. The molecule has 4 nitrogen and oxygen atoms in total. The molecule has 1 aromatic carbocycles. The van der Waals surface area contributed by atoms with Gasteiger partial charge in [-0.25, -0.2) is 0 Å². The zero-order valence-corrected chi connectivity index (χ0v) is 9.01. The molecule has 0 fully saturated rings. The number of hydrogen-bond acceptors (Lipinski definition) is 4. The van der Waals surface area contributed by atoms with E-state index in [4.69, 9.17) is 4.74 Å². The van der Waals surface area contributed by atoms with E-state index in [1.54, 1.807) is 19.3 Å². The van der Waals surface area contributed by atoms with Gasteiger partial charge in [-0.2, -0.15) is 0 Å². The number of aromatic nitrogens is 2. The third-order valence-corrected chi connectivity index (χ3v) is 2.19. The Balaban J connectivity index is 2.22. The maximum absolute atomic E-state index is 11.3. The van der Waals surface area contributed by atoms with Crippen LogP contribution < -0.4 is 0 Å². The molecule has 1 aromatic heterocycles. The van der Waals surface area contributed by atoms with Crippen LogP contribution in [0.5, 0.6) is 0 Å². The van der Waals surface area contributed by atoms with E-state index in [9.17, 15) is 4.79 Å². The summed E-state index contributed by atoms with van der Waals surface area (Å²) < 4.78 is 4.88. The highest BCUT2D eigenvalue weighted by molar-refractivity contribution is 5.78. The van der Waals surface area contributed by atoms with Crippen LogP contribution in [0.2, 0.25) is 0 Å². The van der Waals surface area contributed by atoms with Gasteiger partial charge in [0.05, 0.1) is 24.1 Å². The van der Waals surface area contributed by atoms with E-state index in [0.717, 1.165) is 16.6 Å². The summed E-state index contributed by atoms with van der Waals surface area (Å²) in [7, 11) is 0. The molecule has 4 heteroatoms. The largest absolute Gasteiger partial charge is 0.466 e. The van der Waals surface area contributed by atoms with Crippen LogP contribution in [-0.2, 0) is 16.0 Å². The van der Waals surface area contributed by atoms with Crippen molar-refractivity contribution in [2.45, 2.75) is 13.3 Å². The Morgan fingerprint density at radius 1 is 1.25 bits per heavy atom. The minimum Gasteiger partial charge on any atom is -0.466 e. The molecular formula is C12H12N2O2. The standard InChI is InChI=1S/C12H12N2O2/c1-2-16-12(15)8-9-3-4-10-11(7-9)14-6-5-13-10/h3-7H,2,8H2,1H3. The molecule has 0 saturated carbocycles. The third-order valence-electron chi connectivity index (χ3n) is 2.19. The van der Waals surface area contributed by atoms with Gasteiger partial charge in [0.1, 0.15) is 0 Å². The van der Waals surface area contributed by atoms with Crippen LogP contribution in [0.15, 0.2) is 30.6 Å². The van der Waals surface area contributed by atoms with Gasteiger partial charge in [-0.15, -0.1) is 0 Å². The number of benzene rings is 1. The summed E-state index contributed by atoms with van der Waals surface area (Å²) in [6.07, 6.45) is 3.56. The van der Waals surface area contributed by atoms with Crippen molar-refractivity contribution in [2.24, 2.45) is 0 Å². The van der Waals surface area contributed by atoms with Gasteiger partial charge in [0.2, 0.25) is 0 Å². The number of nitrogens with zero attached hydrogens (tertiary/aromatic N) is 2. The van der Waals surface area contributed by atoms with E-state index in [1.165, 1.54) is 0 Å². The normalized spacial score (nSPS) is 10.3. The predicted molar refractivity (Wildman–Crippen MR) is 59.9 cm³/mol. The van der Waals surface area contributed by atoms with Crippen LogP contribution in [0.1, 0.15) is 12.5 Å². The minimum absolute atomic E-state index is 0.217. The Morgan fingerprint density at radius 3 is 2.75 bits per heavy atom. The molecule has 0 atom stereocenters. The summed E-state index contributed by atoms with van der Waals surface area (Å²) in [5.41, 5.74) is 2.52. The Morgan fingerprint density at radius 2 is 2.00 bits per heavy atom. The summed E-state index contributed by atoms with van der Waals surface area (Å²) in [5.74, 6) is -0.217. The van der Waals surface area contributed by atoms with Crippen molar-refractivity contribution in [3.05, 3.63) is 36.2 Å². The van der Waals surface area contributed by atoms with E-state index in [2.05, 4.69) is 9.97 Å². The highest BCUT2D eigenvalue weighted by Gasteiger charge is 2.05. The fourth-order valence-electron chi connectivity index (χ4n) is 1.50. The number of carbonyl (C=O) groups excluding carboxylic acids is 1. The maximum atomic E-state index is 11.3. The van der Waals surface area contributed by atoms with Crippen LogP contribution in [0.25, 0.3) is 11.0 Å². The van der Waals surface area contributed by atoms with Crippen molar-refractivity contribution in [1.82, 2.24) is 9.97 Å². The molecule has 82 valence electrons. The van der Waals surface area contributed by atoms with Crippen molar-refractivity contribution in [2.75, 3.05) is 6.61 Å². The van der Waals surface area contributed by atoms with Crippen LogP contribution in [0.4, 0.5) is 0 Å². The summed E-state index contributed by atoms with van der Waals surface area (Å²) >= 11 is 0. The van der Waals surface area contributed by atoms with Crippen molar-refractivity contribution in [3.63, 3.8) is 0 Å². The molecule has 0 amide bonds. The average Bonchev–Trinajstić information content (AvgIpc) is 2.29. The molecular weight excluding hydrogens is 204 g/mol. The average molecular weight is 216 g/mol. The van der Waals surface area contributed by atoms with E-state index in [1.807, 2.05) is 18.2 Å². The number of carbonyl (C=O) groups is 1. The first-order valence-electron chi connectivity index (χ1n) is 5.15. The molecule has 0 spiro atoms. The van der Waals surface area contributed by atoms with Crippen molar-refractivity contribution < 1.29 is 9.53 Å². The maximum Gasteiger partial charge on any atom is 0.310 e. The van der Waals surface area contributed by atoms with E-state index in [0.29, 0.717) is 6.61 Å². The van der Waals surface area contributed by atoms with Gasteiger partial charge in [0.25, 0.3) is 0 Å². The minimum atomic E-state index is -0.217. The van der Waals surface area contributed by atoms with Crippen LogP contribution >= 0.6 is 0 Å². The Labute approximate surface area is 93.3 Å². The second kappa shape index (κ2) is 4.70. The lowest BCUT2D eigenvalue weighted by molar-refractivity contribution is -0.142. The van der Waals surface area contributed by atoms with Crippen molar-refractivity contribution >= 4 is 17.0 Å².